The Balaban J connectivity index is 1.70. The van der Waals surface area contributed by atoms with Crippen LogP contribution < -0.4 is 4.31 Å². The van der Waals surface area contributed by atoms with Crippen LogP contribution in [0.2, 0.25) is 10.0 Å². The molecule has 0 radical (unpaired) electrons. The van der Waals surface area contributed by atoms with Gasteiger partial charge in [0.1, 0.15) is 12.9 Å². The minimum atomic E-state index is -0.940. The van der Waals surface area contributed by atoms with Gasteiger partial charge in [0.2, 0.25) is 0 Å². The highest BCUT2D eigenvalue weighted by molar-refractivity contribution is 8.00. The summed E-state index contributed by atoms with van der Waals surface area (Å²) in [4.78, 5) is 20.3. The summed E-state index contributed by atoms with van der Waals surface area (Å²) >= 11 is 13.4. The van der Waals surface area contributed by atoms with Crippen LogP contribution in [0, 0.1) is 0 Å². The summed E-state index contributed by atoms with van der Waals surface area (Å²) in [6.45, 7) is -0.187. The zero-order chi connectivity index (χ0) is 20.4. The number of fused-ring (bicyclic) bond motifs is 1. The largest absolute Gasteiger partial charge is 0.480 e. The van der Waals surface area contributed by atoms with Gasteiger partial charge in [0, 0.05) is 32.2 Å². The first-order chi connectivity index (χ1) is 14.0. The third kappa shape index (κ3) is 4.48. The average Bonchev–Trinajstić information content (AvgIpc) is 3.10. The molecule has 6 nitrogen and oxygen atoms in total. The first-order valence-electron chi connectivity index (χ1n) is 8.49. The van der Waals surface area contributed by atoms with Crippen LogP contribution in [0.5, 0.6) is 0 Å². The van der Waals surface area contributed by atoms with Gasteiger partial charge in [-0.05, 0) is 54.4 Å². The van der Waals surface area contributed by atoms with E-state index in [0.29, 0.717) is 10.0 Å². The number of hydrogen-bond acceptors (Lipinski definition) is 5. The quantitative estimate of drug-likeness (QED) is 0.405. The molecular weight excluding hydrogens is 431 g/mol. The highest BCUT2D eigenvalue weighted by Gasteiger charge is 2.15. The van der Waals surface area contributed by atoms with Crippen LogP contribution in [0.3, 0.4) is 0 Å². The first kappa shape index (κ1) is 19.6. The number of carbonyl (C=O) groups is 1. The predicted octanol–water partition coefficient (Wildman–Crippen LogP) is 5.33. The van der Waals surface area contributed by atoms with Crippen LogP contribution in [-0.2, 0) is 4.79 Å². The number of benzene rings is 2. The minimum absolute atomic E-state index is 0.187. The van der Waals surface area contributed by atoms with E-state index in [2.05, 4.69) is 9.97 Å². The zero-order valence-corrected chi connectivity index (χ0v) is 17.2. The third-order valence-corrected chi connectivity index (χ3v) is 5.56. The van der Waals surface area contributed by atoms with Crippen molar-refractivity contribution in [2.45, 2.75) is 4.90 Å². The van der Waals surface area contributed by atoms with E-state index in [4.69, 9.17) is 23.2 Å². The molecule has 2 aromatic heterocycles. The maximum Gasteiger partial charge on any atom is 0.324 e. The molecule has 0 saturated carbocycles. The molecule has 0 amide bonds. The fourth-order valence-corrected chi connectivity index (χ4v) is 4.60. The van der Waals surface area contributed by atoms with E-state index in [1.165, 1.54) is 18.3 Å². The van der Waals surface area contributed by atoms with Crippen molar-refractivity contribution in [3.8, 4) is 5.69 Å². The second-order valence-electron chi connectivity index (χ2n) is 6.15. The number of rotatable bonds is 6. The Morgan fingerprint density at radius 3 is 2.48 bits per heavy atom. The molecule has 4 aromatic rings. The number of nitrogens with zero attached hydrogens (tertiary/aromatic N) is 4. The van der Waals surface area contributed by atoms with E-state index in [9.17, 15) is 9.90 Å². The lowest BCUT2D eigenvalue weighted by molar-refractivity contribution is -0.135. The second-order valence-corrected chi connectivity index (χ2v) is 8.12. The predicted molar refractivity (Wildman–Crippen MR) is 116 cm³/mol. The molecule has 0 aliphatic carbocycles. The molecule has 0 atom stereocenters. The van der Waals surface area contributed by atoms with Crippen LogP contribution in [-0.4, -0.2) is 32.2 Å². The van der Waals surface area contributed by atoms with Gasteiger partial charge < -0.3 is 14.0 Å². The van der Waals surface area contributed by atoms with Gasteiger partial charge in [0.15, 0.2) is 0 Å². The van der Waals surface area contributed by atoms with Crippen molar-refractivity contribution in [1.82, 2.24) is 14.5 Å². The molecule has 0 fully saturated rings. The standard InChI is InChI=1S/C20H14Cl2N4O2S/c21-14-6-15(22)8-18(7-14)29-26(11-20(27)28)16-1-2-19-13(5-16)3-4-25(19)17-9-23-12-24-10-17/h1-10,12H,11H2,(H,27,28). The van der Waals surface area contributed by atoms with Gasteiger partial charge in [-0.25, -0.2) is 9.97 Å². The zero-order valence-electron chi connectivity index (χ0n) is 14.9. The van der Waals surface area contributed by atoms with Crippen LogP contribution in [0.1, 0.15) is 0 Å². The van der Waals surface area contributed by atoms with Gasteiger partial charge in [-0.15, -0.1) is 0 Å². The molecule has 9 heteroatoms. The van der Waals surface area contributed by atoms with Gasteiger partial charge in [0.25, 0.3) is 0 Å². The van der Waals surface area contributed by atoms with E-state index in [1.807, 2.05) is 35.0 Å². The monoisotopic (exact) mass is 444 g/mol. The van der Waals surface area contributed by atoms with Gasteiger partial charge >= 0.3 is 5.97 Å². The SMILES string of the molecule is O=C(O)CN(Sc1cc(Cl)cc(Cl)c1)c1ccc2c(ccn2-c2cncnc2)c1. The molecule has 0 bridgehead atoms. The molecule has 0 saturated heterocycles. The van der Waals surface area contributed by atoms with E-state index < -0.39 is 5.97 Å². The van der Waals surface area contributed by atoms with Crippen molar-refractivity contribution < 1.29 is 9.90 Å². The van der Waals surface area contributed by atoms with Gasteiger partial charge in [-0.1, -0.05) is 23.2 Å². The van der Waals surface area contributed by atoms with E-state index in [0.717, 1.165) is 27.2 Å². The summed E-state index contributed by atoms with van der Waals surface area (Å²) in [6.07, 6.45) is 6.88. The third-order valence-electron chi connectivity index (χ3n) is 4.12. The highest BCUT2D eigenvalue weighted by Crippen LogP contribution is 2.34. The van der Waals surface area contributed by atoms with Crippen molar-refractivity contribution in [2.75, 3.05) is 10.8 Å². The lowest BCUT2D eigenvalue weighted by Crippen LogP contribution is -2.22. The van der Waals surface area contributed by atoms with E-state index >= 15 is 0 Å². The number of aromatic nitrogens is 3. The fourth-order valence-electron chi connectivity index (χ4n) is 2.93. The number of hydrogen-bond donors (Lipinski definition) is 1. The molecule has 0 unspecified atom stereocenters. The lowest BCUT2D eigenvalue weighted by Gasteiger charge is -2.22. The van der Waals surface area contributed by atoms with E-state index in [-0.39, 0.29) is 6.54 Å². The topological polar surface area (TPSA) is 71.2 Å². The number of carboxylic acids is 1. The van der Waals surface area contributed by atoms with Crippen LogP contribution in [0.4, 0.5) is 5.69 Å². The summed E-state index contributed by atoms with van der Waals surface area (Å²) in [5.41, 5.74) is 2.57. The lowest BCUT2D eigenvalue weighted by atomic mass is 10.2. The van der Waals surface area contributed by atoms with Gasteiger partial charge in [-0.2, -0.15) is 0 Å². The number of anilines is 1. The maximum atomic E-state index is 11.4. The van der Waals surface area contributed by atoms with E-state index in [1.54, 1.807) is 34.9 Å². The number of carboxylic acid groups (broad SMARTS) is 1. The molecule has 4 rings (SSSR count). The summed E-state index contributed by atoms with van der Waals surface area (Å²) in [5.74, 6) is -0.940. The Morgan fingerprint density at radius 2 is 1.79 bits per heavy atom. The number of aliphatic carboxylic acids is 1. The molecule has 2 aromatic carbocycles. The van der Waals surface area contributed by atoms with Crippen molar-refractivity contribution >= 4 is 57.7 Å². The molecule has 29 heavy (non-hydrogen) atoms. The molecule has 146 valence electrons. The number of halogens is 2. The van der Waals surface area contributed by atoms with Gasteiger partial charge in [-0.3, -0.25) is 4.79 Å². The molecule has 0 aliphatic rings. The summed E-state index contributed by atoms with van der Waals surface area (Å²) < 4.78 is 3.66. The van der Waals surface area contributed by atoms with Crippen LogP contribution >= 0.6 is 35.1 Å². The second kappa shape index (κ2) is 8.32. The summed E-state index contributed by atoms with van der Waals surface area (Å²) in [7, 11) is 0. The van der Waals surface area contributed by atoms with Crippen LogP contribution in [0.15, 0.2) is 72.3 Å². The minimum Gasteiger partial charge on any atom is -0.480 e. The molecule has 2 heterocycles. The Morgan fingerprint density at radius 1 is 1.07 bits per heavy atom. The highest BCUT2D eigenvalue weighted by atomic mass is 35.5. The van der Waals surface area contributed by atoms with Gasteiger partial charge in [0.05, 0.1) is 23.6 Å². The van der Waals surface area contributed by atoms with Crippen LogP contribution in [0.25, 0.3) is 16.6 Å². The Hall–Kier alpha value is -2.74. The first-order valence-corrected chi connectivity index (χ1v) is 10.0. The molecule has 0 aliphatic heterocycles. The van der Waals surface area contributed by atoms with Crippen molar-refractivity contribution in [3.05, 3.63) is 77.4 Å². The van der Waals surface area contributed by atoms with Crippen molar-refractivity contribution in [1.29, 1.82) is 0 Å². The van der Waals surface area contributed by atoms with Crippen molar-refractivity contribution in [3.63, 3.8) is 0 Å². The normalized spacial score (nSPS) is 11.0. The smallest absolute Gasteiger partial charge is 0.324 e. The maximum absolute atomic E-state index is 11.4. The molecule has 1 N–H and O–H groups in total. The van der Waals surface area contributed by atoms with Crippen molar-refractivity contribution in [2.24, 2.45) is 0 Å². The summed E-state index contributed by atoms with van der Waals surface area (Å²) in [5, 5.41) is 11.3. The fraction of sp³-hybridized carbons (Fsp3) is 0.0500. The Labute approximate surface area is 180 Å². The summed E-state index contributed by atoms with van der Waals surface area (Å²) in [6, 6.07) is 12.9. The Kier molecular flexibility index (Phi) is 5.62. The Bertz CT molecular complexity index is 1160. The molecule has 0 spiro atoms. The average molecular weight is 445 g/mol. The molecular formula is C20H14Cl2N4O2S.